The Morgan fingerprint density at radius 1 is 1.42 bits per heavy atom. The summed E-state index contributed by atoms with van der Waals surface area (Å²) in [7, 11) is 1.87. The van der Waals surface area contributed by atoms with Gasteiger partial charge in [-0.25, -0.2) is 9.82 Å². The van der Waals surface area contributed by atoms with Gasteiger partial charge in [-0.05, 0) is 29.8 Å². The van der Waals surface area contributed by atoms with Crippen molar-refractivity contribution >= 4 is 12.1 Å². The number of benzene rings is 1. The fraction of sp³-hybridized carbons (Fsp3) is 0.143. The number of carbonyl (C=O) groups is 1. The van der Waals surface area contributed by atoms with E-state index in [2.05, 4.69) is 10.5 Å². The van der Waals surface area contributed by atoms with Gasteiger partial charge in [0.25, 0.3) is 0 Å². The molecule has 98 valence electrons. The van der Waals surface area contributed by atoms with Crippen molar-refractivity contribution in [1.82, 2.24) is 9.99 Å². The Hall–Kier alpha value is -2.43. The number of carbonyl (C=O) groups excluding carboxylic acids is 1. The lowest BCUT2D eigenvalue weighted by Crippen LogP contribution is -2.20. The molecule has 0 saturated heterocycles. The van der Waals surface area contributed by atoms with Crippen LogP contribution in [0.15, 0.2) is 47.7 Å². The third kappa shape index (κ3) is 3.77. The minimum absolute atomic E-state index is 0.213. The van der Waals surface area contributed by atoms with Crippen molar-refractivity contribution in [3.63, 3.8) is 0 Å². The normalized spacial score (nSPS) is 10.8. The average molecular weight is 259 g/mol. The molecule has 0 spiro atoms. The summed E-state index contributed by atoms with van der Waals surface area (Å²) in [4.78, 5) is 11.6. The van der Waals surface area contributed by atoms with Gasteiger partial charge in [0.05, 0.1) is 12.6 Å². The Labute approximate surface area is 110 Å². The molecule has 1 aromatic heterocycles. The fourth-order valence-corrected chi connectivity index (χ4v) is 1.65. The van der Waals surface area contributed by atoms with E-state index in [0.717, 1.165) is 5.69 Å². The smallest absolute Gasteiger partial charge is 0.245 e. The second-order valence-corrected chi connectivity index (χ2v) is 4.14. The van der Waals surface area contributed by atoms with Crippen molar-refractivity contribution in [3.8, 4) is 0 Å². The number of hydrogen-bond donors (Lipinski definition) is 1. The van der Waals surface area contributed by atoms with Crippen molar-refractivity contribution in [2.24, 2.45) is 12.1 Å². The van der Waals surface area contributed by atoms with Gasteiger partial charge in [0, 0.05) is 18.9 Å². The number of nitrogens with one attached hydrogen (secondary N) is 1. The Balaban J connectivity index is 1.88. The third-order valence-corrected chi connectivity index (χ3v) is 2.64. The van der Waals surface area contributed by atoms with Gasteiger partial charge in [0.15, 0.2) is 0 Å². The van der Waals surface area contributed by atoms with E-state index in [4.69, 9.17) is 0 Å². The molecule has 0 bridgehead atoms. The first-order valence-corrected chi connectivity index (χ1v) is 5.83. The fourth-order valence-electron chi connectivity index (χ4n) is 1.65. The maximum absolute atomic E-state index is 12.9. The Bertz CT molecular complexity index is 604. The van der Waals surface area contributed by atoms with Crippen LogP contribution >= 0.6 is 0 Å². The van der Waals surface area contributed by atoms with Crippen LogP contribution in [-0.2, 0) is 18.3 Å². The lowest BCUT2D eigenvalue weighted by Gasteiger charge is -2.01. The molecule has 2 aromatic rings. The molecule has 0 radical (unpaired) electrons. The summed E-state index contributed by atoms with van der Waals surface area (Å²) in [5.41, 5.74) is 3.91. The highest BCUT2D eigenvalue weighted by Crippen LogP contribution is 2.01. The van der Waals surface area contributed by atoms with Gasteiger partial charge >= 0.3 is 0 Å². The van der Waals surface area contributed by atoms with Crippen LogP contribution in [0.1, 0.15) is 11.3 Å². The molecule has 0 unspecified atom stereocenters. The maximum Gasteiger partial charge on any atom is 0.245 e. The number of hydrazone groups is 1. The maximum atomic E-state index is 12.9. The minimum atomic E-state index is -0.334. The van der Waals surface area contributed by atoms with Crippen LogP contribution in [0.2, 0.25) is 0 Å². The molecule has 0 aliphatic heterocycles. The van der Waals surface area contributed by atoms with E-state index in [1.54, 1.807) is 12.1 Å². The topological polar surface area (TPSA) is 46.4 Å². The summed E-state index contributed by atoms with van der Waals surface area (Å²) >= 11 is 0. The molecular formula is C14H14FN3O. The number of amides is 1. The highest BCUT2D eigenvalue weighted by atomic mass is 19.1. The summed E-state index contributed by atoms with van der Waals surface area (Å²) in [6, 6.07) is 9.73. The lowest BCUT2D eigenvalue weighted by molar-refractivity contribution is -0.120. The molecule has 1 heterocycles. The molecule has 1 aromatic carbocycles. The van der Waals surface area contributed by atoms with Crippen LogP contribution in [0.25, 0.3) is 0 Å². The zero-order valence-electron chi connectivity index (χ0n) is 10.5. The third-order valence-electron chi connectivity index (χ3n) is 2.64. The summed E-state index contributed by atoms with van der Waals surface area (Å²) in [6.45, 7) is 0. The van der Waals surface area contributed by atoms with Crippen LogP contribution in [-0.4, -0.2) is 16.7 Å². The molecule has 0 fully saturated rings. The van der Waals surface area contributed by atoms with Gasteiger partial charge in [-0.2, -0.15) is 5.10 Å². The monoisotopic (exact) mass is 259 g/mol. The molecule has 0 aliphatic rings. The van der Waals surface area contributed by atoms with E-state index in [1.807, 2.05) is 29.9 Å². The van der Waals surface area contributed by atoms with Crippen LogP contribution in [0.5, 0.6) is 0 Å². The second-order valence-electron chi connectivity index (χ2n) is 4.14. The van der Waals surface area contributed by atoms with Crippen molar-refractivity contribution < 1.29 is 9.18 Å². The summed E-state index contributed by atoms with van der Waals surface area (Å²) < 4.78 is 14.8. The highest BCUT2D eigenvalue weighted by molar-refractivity contribution is 5.83. The molecular weight excluding hydrogens is 245 g/mol. The number of rotatable bonds is 4. The van der Waals surface area contributed by atoms with Crippen molar-refractivity contribution in [2.75, 3.05) is 0 Å². The zero-order chi connectivity index (χ0) is 13.7. The average Bonchev–Trinajstić information content (AvgIpc) is 2.75. The van der Waals surface area contributed by atoms with E-state index in [1.165, 1.54) is 18.3 Å². The van der Waals surface area contributed by atoms with Gasteiger partial charge in [0.1, 0.15) is 5.82 Å². The quantitative estimate of drug-likeness (QED) is 0.661. The molecule has 4 nitrogen and oxygen atoms in total. The highest BCUT2D eigenvalue weighted by Gasteiger charge is 2.04. The molecule has 0 saturated carbocycles. The van der Waals surface area contributed by atoms with Gasteiger partial charge < -0.3 is 4.57 Å². The van der Waals surface area contributed by atoms with Crippen LogP contribution < -0.4 is 5.43 Å². The standard InChI is InChI=1S/C14H14FN3O/c1-18-7-3-6-13(18)9-14(19)17-16-10-11-4-2-5-12(15)8-11/h2-8,10H,9H2,1H3,(H,17,19). The number of aromatic nitrogens is 1. The molecule has 2 rings (SSSR count). The first-order chi connectivity index (χ1) is 9.15. The molecule has 19 heavy (non-hydrogen) atoms. The zero-order valence-corrected chi connectivity index (χ0v) is 10.5. The second kappa shape index (κ2) is 5.95. The largest absolute Gasteiger partial charge is 0.354 e. The molecule has 5 heteroatoms. The van der Waals surface area contributed by atoms with E-state index < -0.39 is 0 Å². The van der Waals surface area contributed by atoms with Crippen LogP contribution in [0.4, 0.5) is 4.39 Å². The summed E-state index contributed by atoms with van der Waals surface area (Å²) in [6.07, 6.45) is 3.54. The predicted octanol–water partition coefficient (Wildman–Crippen LogP) is 1.86. The van der Waals surface area contributed by atoms with Gasteiger partial charge in [-0.3, -0.25) is 4.79 Å². The predicted molar refractivity (Wildman–Crippen MR) is 71.3 cm³/mol. The Morgan fingerprint density at radius 2 is 2.26 bits per heavy atom. The van der Waals surface area contributed by atoms with Gasteiger partial charge in [-0.1, -0.05) is 12.1 Å². The van der Waals surface area contributed by atoms with Gasteiger partial charge in [0.2, 0.25) is 5.91 Å². The number of aryl methyl sites for hydroxylation is 1. The SMILES string of the molecule is Cn1cccc1CC(=O)NN=Cc1cccc(F)c1. The van der Waals surface area contributed by atoms with Gasteiger partial charge in [-0.15, -0.1) is 0 Å². The Kier molecular flexibility index (Phi) is 4.07. The van der Waals surface area contributed by atoms with E-state index in [-0.39, 0.29) is 18.1 Å². The summed E-state index contributed by atoms with van der Waals surface area (Å²) in [5.74, 6) is -0.548. The number of nitrogens with zero attached hydrogens (tertiary/aromatic N) is 2. The van der Waals surface area contributed by atoms with Crippen LogP contribution in [0.3, 0.4) is 0 Å². The lowest BCUT2D eigenvalue weighted by atomic mass is 10.2. The number of hydrogen-bond acceptors (Lipinski definition) is 2. The number of halogens is 1. The first-order valence-electron chi connectivity index (χ1n) is 5.83. The van der Waals surface area contributed by atoms with Crippen molar-refractivity contribution in [3.05, 3.63) is 59.7 Å². The van der Waals surface area contributed by atoms with Crippen molar-refractivity contribution in [1.29, 1.82) is 0 Å². The molecule has 1 amide bonds. The first kappa shape index (κ1) is 13.0. The molecule has 0 atom stereocenters. The van der Waals surface area contributed by atoms with E-state index in [0.29, 0.717) is 5.56 Å². The summed E-state index contributed by atoms with van der Waals surface area (Å²) in [5, 5.41) is 3.79. The van der Waals surface area contributed by atoms with E-state index >= 15 is 0 Å². The minimum Gasteiger partial charge on any atom is -0.354 e. The Morgan fingerprint density at radius 3 is 2.95 bits per heavy atom. The molecule has 0 aliphatic carbocycles. The van der Waals surface area contributed by atoms with Crippen LogP contribution in [0, 0.1) is 5.82 Å². The van der Waals surface area contributed by atoms with Crippen molar-refractivity contribution in [2.45, 2.75) is 6.42 Å². The molecule has 1 N–H and O–H groups in total. The van der Waals surface area contributed by atoms with E-state index in [9.17, 15) is 9.18 Å².